The topological polar surface area (TPSA) is 60.7 Å². The van der Waals surface area contributed by atoms with Crippen LogP contribution >= 0.6 is 0 Å². The first-order chi connectivity index (χ1) is 8.92. The van der Waals surface area contributed by atoms with Crippen molar-refractivity contribution in [1.82, 2.24) is 5.32 Å². The zero-order chi connectivity index (χ0) is 14.3. The van der Waals surface area contributed by atoms with E-state index in [0.717, 1.165) is 0 Å². The number of rotatable bonds is 7. The summed E-state index contributed by atoms with van der Waals surface area (Å²) >= 11 is 0. The second-order valence-electron chi connectivity index (χ2n) is 3.62. The lowest BCUT2D eigenvalue weighted by Gasteiger charge is -2.07. The second-order valence-corrected chi connectivity index (χ2v) is 3.62. The van der Waals surface area contributed by atoms with Gasteiger partial charge >= 0.3 is 6.18 Å². The van der Waals surface area contributed by atoms with Crippen molar-refractivity contribution in [1.29, 1.82) is 0 Å². The van der Waals surface area contributed by atoms with Gasteiger partial charge in [-0.3, -0.25) is 4.79 Å². The number of hydrogen-bond acceptors (Lipinski definition) is 4. The molecule has 1 aromatic rings. The van der Waals surface area contributed by atoms with E-state index in [9.17, 15) is 18.0 Å². The van der Waals surface area contributed by atoms with Crippen LogP contribution in [0.4, 0.5) is 13.2 Å². The predicted molar refractivity (Wildman–Crippen MR) is 58.6 cm³/mol. The first kappa shape index (κ1) is 15.5. The molecule has 0 fully saturated rings. The number of alkyl halides is 3. The van der Waals surface area contributed by atoms with E-state index >= 15 is 0 Å². The molecule has 1 aromatic heterocycles. The van der Waals surface area contributed by atoms with E-state index in [1.54, 1.807) is 6.07 Å². The summed E-state index contributed by atoms with van der Waals surface area (Å²) in [4.78, 5) is 11.5. The summed E-state index contributed by atoms with van der Waals surface area (Å²) in [6, 6.07) is 3.04. The monoisotopic (exact) mass is 281 g/mol. The summed E-state index contributed by atoms with van der Waals surface area (Å²) in [6.07, 6.45) is -4.36. The lowest BCUT2D eigenvalue weighted by Crippen LogP contribution is -2.28. The van der Waals surface area contributed by atoms with Gasteiger partial charge in [0.1, 0.15) is 19.0 Å². The molecule has 0 saturated carbocycles. The first-order valence-electron chi connectivity index (χ1n) is 5.42. The second kappa shape index (κ2) is 7.15. The number of hydrogen-bond donors (Lipinski definition) is 1. The van der Waals surface area contributed by atoms with E-state index in [-0.39, 0.29) is 25.5 Å². The average Bonchev–Trinajstić information content (AvgIpc) is 2.76. The summed E-state index contributed by atoms with van der Waals surface area (Å²) in [5.41, 5.74) is 0. The van der Waals surface area contributed by atoms with E-state index < -0.39 is 18.7 Å². The normalized spacial score (nSPS) is 11.6. The molecule has 0 atom stereocenters. The number of carbonyl (C=O) groups excluding carboxylic acids is 1. The van der Waals surface area contributed by atoms with E-state index in [2.05, 4.69) is 10.1 Å². The molecule has 0 aromatic carbocycles. The fraction of sp³-hybridized carbons (Fsp3) is 0.545. The molecular formula is C11H14F3NO4. The molecule has 108 valence electrons. The summed E-state index contributed by atoms with van der Waals surface area (Å²) in [5.74, 6) is 0.0433. The van der Waals surface area contributed by atoms with Crippen LogP contribution in [0.1, 0.15) is 16.3 Å². The van der Waals surface area contributed by atoms with Crippen molar-refractivity contribution in [3.05, 3.63) is 23.7 Å². The number of amides is 1. The van der Waals surface area contributed by atoms with E-state index in [0.29, 0.717) is 5.76 Å². The van der Waals surface area contributed by atoms with Crippen molar-refractivity contribution >= 4 is 5.91 Å². The van der Waals surface area contributed by atoms with Gasteiger partial charge < -0.3 is 19.2 Å². The zero-order valence-corrected chi connectivity index (χ0v) is 10.3. The molecule has 1 rings (SSSR count). The van der Waals surface area contributed by atoms with E-state index in [4.69, 9.17) is 9.15 Å². The van der Waals surface area contributed by atoms with Gasteiger partial charge in [0.2, 0.25) is 0 Å². The van der Waals surface area contributed by atoms with Crippen LogP contribution in [-0.4, -0.2) is 39.0 Å². The maximum Gasteiger partial charge on any atom is 0.411 e. The largest absolute Gasteiger partial charge is 0.453 e. The molecule has 1 N–H and O–H groups in total. The van der Waals surface area contributed by atoms with Crippen LogP contribution in [0.5, 0.6) is 0 Å². The van der Waals surface area contributed by atoms with Gasteiger partial charge in [-0.15, -0.1) is 0 Å². The molecular weight excluding hydrogens is 267 g/mol. The van der Waals surface area contributed by atoms with Gasteiger partial charge in [0, 0.05) is 13.7 Å². The molecule has 0 saturated heterocycles. The van der Waals surface area contributed by atoms with Gasteiger partial charge in [-0.1, -0.05) is 0 Å². The van der Waals surface area contributed by atoms with Gasteiger partial charge in [-0.05, 0) is 12.1 Å². The molecule has 0 bridgehead atoms. The molecule has 0 unspecified atom stereocenters. The quantitative estimate of drug-likeness (QED) is 0.773. The summed E-state index contributed by atoms with van der Waals surface area (Å²) < 4.78 is 49.5. The Balaban J connectivity index is 2.23. The Morgan fingerprint density at radius 1 is 1.42 bits per heavy atom. The van der Waals surface area contributed by atoms with Crippen LogP contribution in [0, 0.1) is 0 Å². The summed E-state index contributed by atoms with van der Waals surface area (Å²) in [6.45, 7) is -1.35. The van der Waals surface area contributed by atoms with Crippen molar-refractivity contribution < 1.29 is 31.9 Å². The molecule has 0 aliphatic carbocycles. The Morgan fingerprint density at radius 3 is 2.79 bits per heavy atom. The fourth-order valence-electron chi connectivity index (χ4n) is 1.23. The Morgan fingerprint density at radius 2 is 2.16 bits per heavy atom. The van der Waals surface area contributed by atoms with Crippen LogP contribution < -0.4 is 5.32 Å². The maximum absolute atomic E-state index is 11.7. The smallest absolute Gasteiger partial charge is 0.411 e. The van der Waals surface area contributed by atoms with Gasteiger partial charge in [-0.2, -0.15) is 13.2 Å². The highest BCUT2D eigenvalue weighted by atomic mass is 19.4. The molecule has 0 radical (unpaired) electrons. The highest BCUT2D eigenvalue weighted by molar-refractivity contribution is 5.91. The Labute approximate surface area is 107 Å². The minimum atomic E-state index is -4.36. The van der Waals surface area contributed by atoms with Gasteiger partial charge in [0.25, 0.3) is 5.91 Å². The third-order valence-corrected chi connectivity index (χ3v) is 1.97. The van der Waals surface area contributed by atoms with Crippen LogP contribution in [0.2, 0.25) is 0 Å². The van der Waals surface area contributed by atoms with E-state index in [1.807, 2.05) is 0 Å². The first-order valence-corrected chi connectivity index (χ1v) is 5.42. The Bertz CT molecular complexity index is 403. The van der Waals surface area contributed by atoms with Crippen molar-refractivity contribution in [2.75, 3.05) is 26.9 Å². The van der Waals surface area contributed by atoms with Crippen molar-refractivity contribution in [2.45, 2.75) is 12.8 Å². The number of carbonyl (C=O) groups is 1. The lowest BCUT2D eigenvalue weighted by molar-refractivity contribution is -0.173. The highest BCUT2D eigenvalue weighted by Gasteiger charge is 2.27. The predicted octanol–water partition coefficient (Wildman–Crippen LogP) is 1.73. The van der Waals surface area contributed by atoms with Crippen LogP contribution in [-0.2, 0) is 16.1 Å². The molecule has 0 spiro atoms. The van der Waals surface area contributed by atoms with Crippen LogP contribution in [0.25, 0.3) is 0 Å². The minimum absolute atomic E-state index is 0.0325. The van der Waals surface area contributed by atoms with Gasteiger partial charge in [0.05, 0.1) is 6.61 Å². The molecule has 0 aliphatic rings. The standard InChI is InChI=1S/C11H14F3NO4/c1-17-6-8-2-3-9(19-8)10(16)15-4-5-18-7-11(12,13)14/h2-3H,4-7H2,1H3,(H,15,16). The fourth-order valence-corrected chi connectivity index (χ4v) is 1.23. The molecule has 8 heteroatoms. The molecule has 1 heterocycles. The van der Waals surface area contributed by atoms with Crippen molar-refractivity contribution in [2.24, 2.45) is 0 Å². The Kier molecular flexibility index (Phi) is 5.84. The minimum Gasteiger partial charge on any atom is -0.453 e. The maximum atomic E-state index is 11.7. The van der Waals surface area contributed by atoms with Crippen LogP contribution in [0.3, 0.4) is 0 Å². The molecule has 5 nitrogen and oxygen atoms in total. The van der Waals surface area contributed by atoms with Crippen molar-refractivity contribution in [3.8, 4) is 0 Å². The molecule has 1 amide bonds. The zero-order valence-electron chi connectivity index (χ0n) is 10.3. The number of halogens is 3. The van der Waals surface area contributed by atoms with Gasteiger partial charge in [-0.25, -0.2) is 0 Å². The average molecular weight is 281 g/mol. The van der Waals surface area contributed by atoms with E-state index in [1.165, 1.54) is 13.2 Å². The molecule has 19 heavy (non-hydrogen) atoms. The lowest BCUT2D eigenvalue weighted by atomic mass is 10.4. The Hall–Kier alpha value is -1.54. The third kappa shape index (κ3) is 6.25. The third-order valence-electron chi connectivity index (χ3n) is 1.97. The summed E-state index contributed by atoms with van der Waals surface area (Å²) in [7, 11) is 1.49. The van der Waals surface area contributed by atoms with Crippen LogP contribution in [0.15, 0.2) is 16.5 Å². The molecule has 0 aliphatic heterocycles. The highest BCUT2D eigenvalue weighted by Crippen LogP contribution is 2.14. The van der Waals surface area contributed by atoms with Crippen molar-refractivity contribution in [3.63, 3.8) is 0 Å². The van der Waals surface area contributed by atoms with Gasteiger partial charge in [0.15, 0.2) is 5.76 Å². The number of ether oxygens (including phenoxy) is 2. The number of nitrogens with one attached hydrogen (secondary N) is 1. The summed E-state index contributed by atoms with van der Waals surface area (Å²) in [5, 5.41) is 2.37. The SMILES string of the molecule is COCc1ccc(C(=O)NCCOCC(F)(F)F)o1. The number of furan rings is 1. The number of methoxy groups -OCH3 is 1.